The molecule has 0 saturated heterocycles. The van der Waals surface area contributed by atoms with Gasteiger partial charge in [0.15, 0.2) is 0 Å². The van der Waals surface area contributed by atoms with Gasteiger partial charge in [0.2, 0.25) is 10.0 Å². The van der Waals surface area contributed by atoms with Gasteiger partial charge in [-0.15, -0.1) is 11.3 Å². The third kappa shape index (κ3) is 2.56. The standard InChI is InChI=1S/C8H10BrNO2S2/c9-7-3-4-8(13-7)14(11,12)10-5-6-1-2-6/h3-4,6,10H,1-2,5H2. The second-order valence-electron chi connectivity index (χ2n) is 3.35. The number of halogens is 1. The van der Waals surface area contributed by atoms with E-state index in [1.165, 1.54) is 11.3 Å². The molecule has 3 nitrogen and oxygen atoms in total. The van der Waals surface area contributed by atoms with Crippen LogP contribution in [-0.2, 0) is 10.0 Å². The molecule has 14 heavy (non-hydrogen) atoms. The SMILES string of the molecule is O=S(=O)(NCC1CC1)c1ccc(Br)s1. The molecule has 0 bridgehead atoms. The fourth-order valence-electron chi connectivity index (χ4n) is 1.06. The molecule has 1 fully saturated rings. The molecule has 1 aliphatic rings. The van der Waals surface area contributed by atoms with Crippen molar-refractivity contribution in [3.05, 3.63) is 15.9 Å². The van der Waals surface area contributed by atoms with Gasteiger partial charge in [-0.05, 0) is 46.8 Å². The molecule has 0 aliphatic heterocycles. The molecule has 78 valence electrons. The summed E-state index contributed by atoms with van der Waals surface area (Å²) in [4.78, 5) is 0. The number of hydrogen-bond acceptors (Lipinski definition) is 3. The number of sulfonamides is 1. The molecule has 1 aliphatic carbocycles. The third-order valence-corrected chi connectivity index (χ3v) is 5.61. The number of hydrogen-bond donors (Lipinski definition) is 1. The zero-order valence-corrected chi connectivity index (χ0v) is 10.6. The second-order valence-corrected chi connectivity index (χ2v) is 7.81. The van der Waals surface area contributed by atoms with Crippen LogP contribution in [0.2, 0.25) is 0 Å². The third-order valence-electron chi connectivity index (χ3n) is 2.07. The molecule has 1 N–H and O–H groups in total. The van der Waals surface area contributed by atoms with Crippen LogP contribution in [0.15, 0.2) is 20.1 Å². The van der Waals surface area contributed by atoms with E-state index in [4.69, 9.17) is 0 Å². The number of thiophene rings is 1. The molecule has 6 heteroatoms. The number of nitrogens with one attached hydrogen (secondary N) is 1. The lowest BCUT2D eigenvalue weighted by atomic mass is 10.4. The molecule has 1 aromatic rings. The summed E-state index contributed by atoms with van der Waals surface area (Å²) in [6.07, 6.45) is 2.30. The van der Waals surface area contributed by atoms with Gasteiger partial charge in [-0.2, -0.15) is 0 Å². The van der Waals surface area contributed by atoms with Gasteiger partial charge in [0.1, 0.15) is 4.21 Å². The molecule has 0 spiro atoms. The van der Waals surface area contributed by atoms with Crippen LogP contribution < -0.4 is 4.72 Å². The minimum atomic E-state index is -3.26. The summed E-state index contributed by atoms with van der Waals surface area (Å²) >= 11 is 4.48. The highest BCUT2D eigenvalue weighted by molar-refractivity contribution is 9.11. The lowest BCUT2D eigenvalue weighted by molar-refractivity contribution is 0.579. The van der Waals surface area contributed by atoms with E-state index in [2.05, 4.69) is 20.7 Å². The topological polar surface area (TPSA) is 46.2 Å². The van der Waals surface area contributed by atoms with E-state index >= 15 is 0 Å². The average Bonchev–Trinajstić information content (AvgIpc) is 2.85. The molecule has 0 unspecified atom stereocenters. The van der Waals surface area contributed by atoms with E-state index < -0.39 is 10.0 Å². The molecular formula is C8H10BrNO2S2. The van der Waals surface area contributed by atoms with Crippen molar-refractivity contribution < 1.29 is 8.42 Å². The van der Waals surface area contributed by atoms with Crippen LogP contribution in [-0.4, -0.2) is 15.0 Å². The molecule has 0 aromatic carbocycles. The first-order valence-electron chi connectivity index (χ1n) is 4.33. The summed E-state index contributed by atoms with van der Waals surface area (Å²) in [6, 6.07) is 3.36. The number of rotatable bonds is 4. The Hall–Kier alpha value is 0.0900. The maximum Gasteiger partial charge on any atom is 0.250 e. The molecule has 0 atom stereocenters. The lowest BCUT2D eigenvalue weighted by Crippen LogP contribution is -2.24. The van der Waals surface area contributed by atoms with Crippen molar-refractivity contribution in [2.24, 2.45) is 5.92 Å². The Morgan fingerprint density at radius 2 is 2.21 bits per heavy atom. The van der Waals surface area contributed by atoms with E-state index in [1.54, 1.807) is 12.1 Å². The zero-order valence-electron chi connectivity index (χ0n) is 7.36. The van der Waals surface area contributed by atoms with Crippen molar-refractivity contribution >= 4 is 37.3 Å². The van der Waals surface area contributed by atoms with Crippen LogP contribution in [0.3, 0.4) is 0 Å². The largest absolute Gasteiger partial charge is 0.250 e. The lowest BCUT2D eigenvalue weighted by Gasteiger charge is -2.02. The highest BCUT2D eigenvalue weighted by Crippen LogP contribution is 2.29. The highest BCUT2D eigenvalue weighted by Gasteiger charge is 2.24. The predicted molar refractivity (Wildman–Crippen MR) is 59.9 cm³/mol. The van der Waals surface area contributed by atoms with Crippen LogP contribution in [0.25, 0.3) is 0 Å². The summed E-state index contributed by atoms with van der Waals surface area (Å²) in [7, 11) is -3.26. The van der Waals surface area contributed by atoms with Crippen molar-refractivity contribution in [3.8, 4) is 0 Å². The van der Waals surface area contributed by atoms with Crippen LogP contribution in [0.5, 0.6) is 0 Å². The van der Waals surface area contributed by atoms with Crippen molar-refractivity contribution in [2.75, 3.05) is 6.54 Å². The second kappa shape index (κ2) is 3.92. The molecular weight excluding hydrogens is 286 g/mol. The quantitative estimate of drug-likeness (QED) is 0.926. The fraction of sp³-hybridized carbons (Fsp3) is 0.500. The Labute approximate surface area is 95.7 Å². The van der Waals surface area contributed by atoms with Gasteiger partial charge in [-0.3, -0.25) is 0 Å². The van der Waals surface area contributed by atoms with Gasteiger partial charge in [0.25, 0.3) is 0 Å². The van der Waals surface area contributed by atoms with E-state index in [0.717, 1.165) is 16.6 Å². The smallest absolute Gasteiger partial charge is 0.210 e. The van der Waals surface area contributed by atoms with Gasteiger partial charge >= 0.3 is 0 Å². The van der Waals surface area contributed by atoms with Crippen molar-refractivity contribution in [2.45, 2.75) is 17.1 Å². The normalized spacial score (nSPS) is 17.2. The fourth-order valence-corrected chi connectivity index (χ4v) is 4.23. The van der Waals surface area contributed by atoms with Gasteiger partial charge in [-0.1, -0.05) is 0 Å². The monoisotopic (exact) mass is 295 g/mol. The summed E-state index contributed by atoms with van der Waals surface area (Å²) in [5, 5.41) is 0. The Morgan fingerprint density at radius 1 is 1.50 bits per heavy atom. The molecule has 0 amide bonds. The van der Waals surface area contributed by atoms with Crippen molar-refractivity contribution in [1.82, 2.24) is 4.72 Å². The Bertz CT molecular complexity index is 422. The Balaban J connectivity index is 2.06. The maximum atomic E-state index is 11.7. The summed E-state index contributed by atoms with van der Waals surface area (Å²) in [5.74, 6) is 0.563. The molecule has 0 radical (unpaired) electrons. The minimum absolute atomic E-state index is 0.380. The van der Waals surface area contributed by atoms with Gasteiger partial charge < -0.3 is 0 Å². The summed E-state index contributed by atoms with van der Waals surface area (Å²) in [6.45, 7) is 0.581. The zero-order chi connectivity index (χ0) is 10.2. The van der Waals surface area contributed by atoms with Gasteiger partial charge in [0.05, 0.1) is 3.79 Å². The van der Waals surface area contributed by atoms with Crippen LogP contribution >= 0.6 is 27.3 Å². The summed E-state index contributed by atoms with van der Waals surface area (Å²) in [5.41, 5.74) is 0. The average molecular weight is 296 g/mol. The van der Waals surface area contributed by atoms with E-state index in [1.807, 2.05) is 0 Å². The van der Waals surface area contributed by atoms with E-state index in [9.17, 15) is 8.42 Å². The minimum Gasteiger partial charge on any atom is -0.210 e. The predicted octanol–water partition coefficient (Wildman–Crippen LogP) is 2.20. The van der Waals surface area contributed by atoms with E-state index in [-0.39, 0.29) is 0 Å². The molecule has 2 rings (SSSR count). The van der Waals surface area contributed by atoms with Crippen LogP contribution in [0.4, 0.5) is 0 Å². The Kier molecular flexibility index (Phi) is 2.97. The molecule has 1 heterocycles. The van der Waals surface area contributed by atoms with Gasteiger partial charge in [-0.25, -0.2) is 13.1 Å². The first kappa shape index (κ1) is 10.6. The molecule has 1 saturated carbocycles. The van der Waals surface area contributed by atoms with Crippen molar-refractivity contribution in [1.29, 1.82) is 0 Å². The van der Waals surface area contributed by atoms with E-state index in [0.29, 0.717) is 16.7 Å². The molecule has 1 aromatic heterocycles. The van der Waals surface area contributed by atoms with Gasteiger partial charge in [0, 0.05) is 6.54 Å². The van der Waals surface area contributed by atoms with Crippen LogP contribution in [0.1, 0.15) is 12.8 Å². The Morgan fingerprint density at radius 3 is 2.71 bits per heavy atom. The summed E-state index contributed by atoms with van der Waals surface area (Å²) < 4.78 is 27.1. The van der Waals surface area contributed by atoms with Crippen molar-refractivity contribution in [3.63, 3.8) is 0 Å². The first-order chi connectivity index (χ1) is 6.58. The maximum absolute atomic E-state index is 11.7. The first-order valence-corrected chi connectivity index (χ1v) is 7.42. The van der Waals surface area contributed by atoms with Crippen LogP contribution in [0, 0.1) is 5.92 Å². The highest BCUT2D eigenvalue weighted by atomic mass is 79.9.